The number of morpholine rings is 1. The SMILES string of the molecule is Brc1ccc(-c2ccc(CNCCN3CCOCC3)o2)cc1.Cl.Cl. The standard InChI is InChI=1S/C17H21BrN2O2.2ClH/c18-15-3-1-14(2-4-15)17-6-5-16(22-17)13-19-7-8-20-9-11-21-12-10-20;;/h1-6,19H,7-13H2;2*1H. The van der Waals surface area contributed by atoms with Gasteiger partial charge >= 0.3 is 0 Å². The molecule has 24 heavy (non-hydrogen) atoms. The monoisotopic (exact) mass is 436 g/mol. The molecule has 1 aromatic heterocycles. The number of benzene rings is 1. The second-order valence-corrected chi connectivity index (χ2v) is 6.32. The molecule has 1 aliphatic rings. The lowest BCUT2D eigenvalue weighted by molar-refractivity contribution is 0.0383. The molecule has 0 unspecified atom stereocenters. The maximum absolute atomic E-state index is 5.89. The summed E-state index contributed by atoms with van der Waals surface area (Å²) in [5.74, 6) is 1.89. The van der Waals surface area contributed by atoms with Crippen molar-refractivity contribution in [2.24, 2.45) is 0 Å². The first kappa shape index (κ1) is 21.5. The molecular formula is C17H23BrCl2N2O2. The fourth-order valence-electron chi connectivity index (χ4n) is 2.52. The molecule has 0 radical (unpaired) electrons. The van der Waals surface area contributed by atoms with Gasteiger partial charge in [-0.2, -0.15) is 0 Å². The van der Waals surface area contributed by atoms with Crippen molar-refractivity contribution in [3.63, 3.8) is 0 Å². The molecule has 1 N–H and O–H groups in total. The van der Waals surface area contributed by atoms with Gasteiger partial charge in [0.15, 0.2) is 0 Å². The Balaban J connectivity index is 0.00000144. The van der Waals surface area contributed by atoms with Gasteiger partial charge in [-0.25, -0.2) is 0 Å². The van der Waals surface area contributed by atoms with E-state index in [1.54, 1.807) is 0 Å². The van der Waals surface area contributed by atoms with E-state index in [0.717, 1.165) is 67.5 Å². The van der Waals surface area contributed by atoms with Crippen LogP contribution in [0.15, 0.2) is 45.3 Å². The van der Waals surface area contributed by atoms with E-state index < -0.39 is 0 Å². The summed E-state index contributed by atoms with van der Waals surface area (Å²) in [7, 11) is 0. The van der Waals surface area contributed by atoms with Crippen molar-refractivity contribution in [1.82, 2.24) is 10.2 Å². The molecule has 7 heteroatoms. The fraction of sp³-hybridized carbons (Fsp3) is 0.412. The molecule has 0 saturated carbocycles. The highest BCUT2D eigenvalue weighted by atomic mass is 79.9. The Morgan fingerprint density at radius 3 is 2.42 bits per heavy atom. The lowest BCUT2D eigenvalue weighted by Crippen LogP contribution is -2.40. The highest BCUT2D eigenvalue weighted by Gasteiger charge is 2.09. The first-order valence-electron chi connectivity index (χ1n) is 7.67. The van der Waals surface area contributed by atoms with Gasteiger partial charge in [0.2, 0.25) is 0 Å². The zero-order chi connectivity index (χ0) is 15.2. The summed E-state index contributed by atoms with van der Waals surface area (Å²) in [6.07, 6.45) is 0. The maximum atomic E-state index is 5.89. The molecule has 1 fully saturated rings. The largest absolute Gasteiger partial charge is 0.460 e. The molecule has 0 aliphatic carbocycles. The van der Waals surface area contributed by atoms with Crippen molar-refractivity contribution in [2.75, 3.05) is 39.4 Å². The molecule has 0 spiro atoms. The van der Waals surface area contributed by atoms with Gasteiger partial charge in [-0.15, -0.1) is 24.8 Å². The van der Waals surface area contributed by atoms with Gasteiger partial charge in [0, 0.05) is 36.2 Å². The minimum atomic E-state index is 0. The van der Waals surface area contributed by atoms with Gasteiger partial charge in [-0.3, -0.25) is 4.90 Å². The van der Waals surface area contributed by atoms with Crippen molar-refractivity contribution < 1.29 is 9.15 Å². The van der Waals surface area contributed by atoms with E-state index in [4.69, 9.17) is 9.15 Å². The number of furan rings is 1. The lowest BCUT2D eigenvalue weighted by Gasteiger charge is -2.26. The minimum absolute atomic E-state index is 0. The number of halogens is 3. The van der Waals surface area contributed by atoms with Crippen LogP contribution in [0, 0.1) is 0 Å². The Hall–Kier alpha value is -0.560. The van der Waals surface area contributed by atoms with Crippen LogP contribution in [-0.4, -0.2) is 44.3 Å². The van der Waals surface area contributed by atoms with Crippen LogP contribution < -0.4 is 5.32 Å². The third kappa shape index (κ3) is 6.39. The molecule has 1 aromatic carbocycles. The van der Waals surface area contributed by atoms with E-state index >= 15 is 0 Å². The normalized spacial score (nSPS) is 14.7. The van der Waals surface area contributed by atoms with Crippen LogP contribution in [0.2, 0.25) is 0 Å². The molecule has 0 amide bonds. The summed E-state index contributed by atoms with van der Waals surface area (Å²) in [5, 5.41) is 3.44. The van der Waals surface area contributed by atoms with E-state index in [9.17, 15) is 0 Å². The Kier molecular flexibility index (Phi) is 9.96. The first-order valence-corrected chi connectivity index (χ1v) is 8.46. The molecule has 0 bridgehead atoms. The van der Waals surface area contributed by atoms with Crippen molar-refractivity contribution in [3.8, 4) is 11.3 Å². The van der Waals surface area contributed by atoms with E-state index in [1.807, 2.05) is 24.3 Å². The van der Waals surface area contributed by atoms with Crippen LogP contribution in [0.5, 0.6) is 0 Å². The lowest BCUT2D eigenvalue weighted by atomic mass is 10.2. The van der Waals surface area contributed by atoms with Crippen LogP contribution in [0.4, 0.5) is 0 Å². The number of rotatable bonds is 6. The Bertz CT molecular complexity index is 587. The molecule has 2 aromatic rings. The second-order valence-electron chi connectivity index (χ2n) is 5.40. The van der Waals surface area contributed by atoms with Crippen molar-refractivity contribution >= 4 is 40.7 Å². The molecule has 1 aliphatic heterocycles. The molecule has 2 heterocycles. The van der Waals surface area contributed by atoms with Crippen LogP contribution in [0.3, 0.4) is 0 Å². The summed E-state index contributed by atoms with van der Waals surface area (Å²) in [6, 6.07) is 12.2. The predicted octanol–water partition coefficient (Wildman–Crippen LogP) is 3.97. The van der Waals surface area contributed by atoms with E-state index in [-0.39, 0.29) is 24.8 Å². The quantitative estimate of drug-likeness (QED) is 0.693. The number of ether oxygens (including phenoxy) is 1. The number of nitrogens with zero attached hydrogens (tertiary/aromatic N) is 1. The highest BCUT2D eigenvalue weighted by Crippen LogP contribution is 2.23. The zero-order valence-corrected chi connectivity index (χ0v) is 16.6. The number of nitrogens with one attached hydrogen (secondary N) is 1. The van der Waals surface area contributed by atoms with Gasteiger partial charge in [0.25, 0.3) is 0 Å². The molecule has 0 atom stereocenters. The summed E-state index contributed by atoms with van der Waals surface area (Å²) in [6.45, 7) is 6.58. The summed E-state index contributed by atoms with van der Waals surface area (Å²) < 4.78 is 12.3. The average Bonchev–Trinajstić information content (AvgIpc) is 3.02. The molecule has 3 rings (SSSR count). The smallest absolute Gasteiger partial charge is 0.134 e. The van der Waals surface area contributed by atoms with Crippen LogP contribution >= 0.6 is 40.7 Å². The fourth-order valence-corrected chi connectivity index (χ4v) is 2.78. The van der Waals surface area contributed by atoms with Crippen LogP contribution in [0.1, 0.15) is 5.76 Å². The Morgan fingerprint density at radius 2 is 1.71 bits per heavy atom. The molecular weight excluding hydrogens is 415 g/mol. The predicted molar refractivity (Wildman–Crippen MR) is 105 cm³/mol. The summed E-state index contributed by atoms with van der Waals surface area (Å²) in [5.41, 5.74) is 1.10. The maximum Gasteiger partial charge on any atom is 0.134 e. The van der Waals surface area contributed by atoms with Crippen molar-refractivity contribution in [3.05, 3.63) is 46.6 Å². The van der Waals surface area contributed by atoms with Gasteiger partial charge < -0.3 is 14.5 Å². The highest BCUT2D eigenvalue weighted by molar-refractivity contribution is 9.10. The summed E-state index contributed by atoms with van der Waals surface area (Å²) in [4.78, 5) is 2.42. The zero-order valence-electron chi connectivity index (χ0n) is 13.4. The number of hydrogen-bond donors (Lipinski definition) is 1. The number of hydrogen-bond acceptors (Lipinski definition) is 4. The molecule has 134 valence electrons. The van der Waals surface area contributed by atoms with E-state index in [1.165, 1.54) is 0 Å². The third-order valence-corrected chi connectivity index (χ3v) is 4.33. The van der Waals surface area contributed by atoms with Gasteiger partial charge in [0.1, 0.15) is 11.5 Å². The Morgan fingerprint density at radius 1 is 1.00 bits per heavy atom. The van der Waals surface area contributed by atoms with Crippen molar-refractivity contribution in [1.29, 1.82) is 0 Å². The average molecular weight is 438 g/mol. The van der Waals surface area contributed by atoms with E-state index in [0.29, 0.717) is 0 Å². The topological polar surface area (TPSA) is 37.6 Å². The van der Waals surface area contributed by atoms with Crippen LogP contribution in [0.25, 0.3) is 11.3 Å². The molecule has 4 nitrogen and oxygen atoms in total. The van der Waals surface area contributed by atoms with Gasteiger partial charge in [0.05, 0.1) is 19.8 Å². The minimum Gasteiger partial charge on any atom is -0.460 e. The van der Waals surface area contributed by atoms with Crippen molar-refractivity contribution in [2.45, 2.75) is 6.54 Å². The second kappa shape index (κ2) is 11.1. The third-order valence-electron chi connectivity index (χ3n) is 3.80. The summed E-state index contributed by atoms with van der Waals surface area (Å²) >= 11 is 3.45. The van der Waals surface area contributed by atoms with Gasteiger partial charge in [-0.1, -0.05) is 28.1 Å². The first-order chi connectivity index (χ1) is 10.8. The van der Waals surface area contributed by atoms with E-state index in [2.05, 4.69) is 38.3 Å². The van der Waals surface area contributed by atoms with Gasteiger partial charge in [-0.05, 0) is 24.3 Å². The van der Waals surface area contributed by atoms with Crippen LogP contribution in [-0.2, 0) is 11.3 Å². The molecule has 1 saturated heterocycles. The Labute approximate surface area is 163 Å².